The Kier molecular flexibility index (Phi) is 6.34. The number of halogens is 1. The van der Waals surface area contributed by atoms with Crippen molar-refractivity contribution in [1.82, 2.24) is 10.3 Å². The Bertz CT molecular complexity index is 962. The lowest BCUT2D eigenvalue weighted by molar-refractivity contribution is 0.0950. The molecule has 1 saturated carbocycles. The number of carbonyl (C=O) groups is 1. The number of carbonyl (C=O) groups excluding carboxylic acids is 1. The van der Waals surface area contributed by atoms with Gasteiger partial charge in [0.1, 0.15) is 0 Å². The Balaban J connectivity index is 1.84. The molecule has 0 spiro atoms. The van der Waals surface area contributed by atoms with E-state index >= 15 is 0 Å². The first kappa shape index (κ1) is 20.3. The van der Waals surface area contributed by atoms with Crippen molar-refractivity contribution in [3.8, 4) is 0 Å². The molecule has 1 amide bonds. The van der Waals surface area contributed by atoms with Crippen molar-refractivity contribution >= 4 is 33.7 Å². The summed E-state index contributed by atoms with van der Waals surface area (Å²) in [4.78, 5) is 27.8. The maximum absolute atomic E-state index is 12.9. The minimum atomic E-state index is -0.311. The minimum Gasteiger partial charge on any atom is -0.382 e. The van der Waals surface area contributed by atoms with Crippen LogP contribution in [0.3, 0.4) is 0 Å². The molecule has 0 aliphatic heterocycles. The highest BCUT2D eigenvalue weighted by molar-refractivity contribution is 9.10. The normalized spacial score (nSPS) is 14.1. The van der Waals surface area contributed by atoms with E-state index < -0.39 is 0 Å². The van der Waals surface area contributed by atoms with E-state index in [2.05, 4.69) is 31.5 Å². The third-order valence-electron chi connectivity index (χ3n) is 5.17. The molecule has 0 radical (unpaired) electrons. The van der Waals surface area contributed by atoms with Gasteiger partial charge in [0, 0.05) is 45.8 Å². The number of hydrogen-bond acceptors (Lipinski definition) is 4. The summed E-state index contributed by atoms with van der Waals surface area (Å²) in [7, 11) is 0. The molecule has 0 unspecified atom stereocenters. The molecular formula is C21H25BrN4O2. The lowest BCUT2D eigenvalue weighted by Crippen LogP contribution is -2.29. The second-order valence-electron chi connectivity index (χ2n) is 7.31. The van der Waals surface area contributed by atoms with Crippen LogP contribution in [0, 0.1) is 19.3 Å². The van der Waals surface area contributed by atoms with Gasteiger partial charge in [0.25, 0.3) is 11.5 Å². The van der Waals surface area contributed by atoms with E-state index in [-0.39, 0.29) is 18.0 Å². The molecule has 7 heteroatoms. The number of benzene rings is 1. The standard InChI is InChI=1S/C21H25BrN4O2/c1-12-7-13(2)25-21(28)18(12)11-24-20(27)16-8-14(22)9-19(17(16)10-23)26-15-5-3-4-6-15/h7-10,15,23,26H,3-6,11H2,1-2H3,(H,24,27)(H,25,28). The summed E-state index contributed by atoms with van der Waals surface area (Å²) in [5.74, 6) is -0.311. The number of aryl methyl sites for hydroxylation is 2. The average molecular weight is 445 g/mol. The Morgan fingerprint density at radius 2 is 2.00 bits per heavy atom. The number of aromatic nitrogens is 1. The first-order valence-corrected chi connectivity index (χ1v) is 10.3. The van der Waals surface area contributed by atoms with Gasteiger partial charge in [0.15, 0.2) is 0 Å². The Morgan fingerprint density at radius 3 is 2.64 bits per heavy atom. The highest BCUT2D eigenvalue weighted by Gasteiger charge is 2.20. The summed E-state index contributed by atoms with van der Waals surface area (Å²) < 4.78 is 0.771. The number of nitrogens with one attached hydrogen (secondary N) is 4. The van der Waals surface area contributed by atoms with Crippen LogP contribution in [0.1, 0.15) is 58.4 Å². The van der Waals surface area contributed by atoms with Crippen LogP contribution in [0.25, 0.3) is 0 Å². The van der Waals surface area contributed by atoms with Crippen molar-refractivity contribution in [1.29, 1.82) is 5.41 Å². The molecule has 28 heavy (non-hydrogen) atoms. The largest absolute Gasteiger partial charge is 0.382 e. The molecule has 0 bridgehead atoms. The van der Waals surface area contributed by atoms with Gasteiger partial charge < -0.3 is 21.0 Å². The van der Waals surface area contributed by atoms with Crippen molar-refractivity contribution in [2.75, 3.05) is 5.32 Å². The monoisotopic (exact) mass is 444 g/mol. The molecule has 6 nitrogen and oxygen atoms in total. The Morgan fingerprint density at radius 1 is 1.29 bits per heavy atom. The number of hydrogen-bond donors (Lipinski definition) is 4. The predicted octanol–water partition coefficient (Wildman–Crippen LogP) is 4.04. The maximum Gasteiger partial charge on any atom is 0.253 e. The van der Waals surface area contributed by atoms with Crippen LogP contribution in [0.4, 0.5) is 5.69 Å². The van der Waals surface area contributed by atoms with Crippen LogP contribution in [-0.4, -0.2) is 23.1 Å². The summed E-state index contributed by atoms with van der Waals surface area (Å²) in [6.45, 7) is 3.82. The Hall–Kier alpha value is -2.41. The van der Waals surface area contributed by atoms with Crippen molar-refractivity contribution < 1.29 is 4.79 Å². The van der Waals surface area contributed by atoms with Gasteiger partial charge in [-0.15, -0.1) is 0 Å². The van der Waals surface area contributed by atoms with Crippen LogP contribution in [0.5, 0.6) is 0 Å². The fourth-order valence-corrected chi connectivity index (χ4v) is 4.19. The number of rotatable bonds is 6. The van der Waals surface area contributed by atoms with Gasteiger partial charge in [-0.2, -0.15) is 0 Å². The molecule has 0 atom stereocenters. The van der Waals surface area contributed by atoms with Gasteiger partial charge in [0.05, 0.1) is 5.56 Å². The highest BCUT2D eigenvalue weighted by atomic mass is 79.9. The number of anilines is 1. The Labute approximate surface area is 172 Å². The van der Waals surface area contributed by atoms with E-state index in [0.29, 0.717) is 22.7 Å². The van der Waals surface area contributed by atoms with Crippen LogP contribution >= 0.6 is 15.9 Å². The summed E-state index contributed by atoms with van der Waals surface area (Å²) >= 11 is 3.47. The van der Waals surface area contributed by atoms with Crippen LogP contribution < -0.4 is 16.2 Å². The average Bonchev–Trinajstić information content (AvgIpc) is 3.13. The van der Waals surface area contributed by atoms with Gasteiger partial charge in [-0.1, -0.05) is 28.8 Å². The summed E-state index contributed by atoms with van der Waals surface area (Å²) in [6, 6.07) is 5.87. The van der Waals surface area contributed by atoms with Gasteiger partial charge in [-0.25, -0.2) is 0 Å². The molecule has 1 aromatic heterocycles. The number of pyridine rings is 1. The molecule has 0 saturated heterocycles. The van der Waals surface area contributed by atoms with Crippen molar-refractivity contribution in [2.24, 2.45) is 0 Å². The molecular weight excluding hydrogens is 420 g/mol. The summed E-state index contributed by atoms with van der Waals surface area (Å²) in [5, 5.41) is 14.1. The summed E-state index contributed by atoms with van der Waals surface area (Å²) in [5.41, 5.74) is 3.72. The minimum absolute atomic E-state index is 0.135. The zero-order valence-corrected chi connectivity index (χ0v) is 17.7. The number of aromatic amines is 1. The molecule has 1 fully saturated rings. The van der Waals surface area contributed by atoms with E-state index in [1.54, 1.807) is 6.07 Å². The van der Waals surface area contributed by atoms with Gasteiger partial charge in [-0.05, 0) is 50.5 Å². The zero-order valence-electron chi connectivity index (χ0n) is 16.1. The molecule has 148 valence electrons. The van der Waals surface area contributed by atoms with Crippen molar-refractivity contribution in [2.45, 2.75) is 52.1 Å². The van der Waals surface area contributed by atoms with E-state index in [1.807, 2.05) is 26.0 Å². The highest BCUT2D eigenvalue weighted by Crippen LogP contribution is 2.29. The van der Waals surface area contributed by atoms with Crippen molar-refractivity contribution in [3.05, 3.63) is 61.0 Å². The zero-order chi connectivity index (χ0) is 20.3. The molecule has 1 heterocycles. The smallest absolute Gasteiger partial charge is 0.253 e. The molecule has 4 N–H and O–H groups in total. The second kappa shape index (κ2) is 8.73. The molecule has 1 aliphatic carbocycles. The lowest BCUT2D eigenvalue weighted by atomic mass is 10.0. The van der Waals surface area contributed by atoms with Gasteiger partial charge in [-0.3, -0.25) is 9.59 Å². The van der Waals surface area contributed by atoms with E-state index in [9.17, 15) is 9.59 Å². The fourth-order valence-electron chi connectivity index (χ4n) is 3.74. The lowest BCUT2D eigenvalue weighted by Gasteiger charge is -2.18. The molecule has 1 aromatic carbocycles. The third kappa shape index (κ3) is 4.52. The molecule has 2 aromatic rings. The molecule has 1 aliphatic rings. The first-order chi connectivity index (χ1) is 13.4. The SMILES string of the molecule is Cc1cc(C)c(CNC(=O)c2cc(Br)cc(NC3CCCC3)c2C=N)c(=O)[nH]1. The predicted molar refractivity (Wildman–Crippen MR) is 116 cm³/mol. The van der Waals surface area contributed by atoms with E-state index in [0.717, 1.165) is 34.3 Å². The maximum atomic E-state index is 12.9. The first-order valence-electron chi connectivity index (χ1n) is 9.47. The second-order valence-corrected chi connectivity index (χ2v) is 8.23. The quantitative estimate of drug-likeness (QED) is 0.506. The van der Waals surface area contributed by atoms with E-state index in [1.165, 1.54) is 19.1 Å². The number of amides is 1. The number of H-pyrrole nitrogens is 1. The summed E-state index contributed by atoms with van der Waals surface area (Å²) in [6.07, 6.45) is 5.80. The fraction of sp³-hybridized carbons (Fsp3) is 0.381. The van der Waals surface area contributed by atoms with Gasteiger partial charge >= 0.3 is 0 Å². The van der Waals surface area contributed by atoms with Gasteiger partial charge in [0.2, 0.25) is 0 Å². The van der Waals surface area contributed by atoms with Crippen LogP contribution in [0.15, 0.2) is 27.5 Å². The van der Waals surface area contributed by atoms with Crippen molar-refractivity contribution in [3.63, 3.8) is 0 Å². The third-order valence-corrected chi connectivity index (χ3v) is 5.63. The van der Waals surface area contributed by atoms with Crippen LogP contribution in [-0.2, 0) is 6.54 Å². The topological polar surface area (TPSA) is 97.8 Å². The van der Waals surface area contributed by atoms with E-state index in [4.69, 9.17) is 5.41 Å². The van der Waals surface area contributed by atoms with Crippen LogP contribution in [0.2, 0.25) is 0 Å². The molecule has 3 rings (SSSR count).